The molecule has 4 N–H and O–H groups in total. The number of thiazole rings is 2. The maximum absolute atomic E-state index is 5.17. The van der Waals surface area contributed by atoms with Gasteiger partial charge in [0.25, 0.3) is 0 Å². The molecular formula is C22H22N6S4. The van der Waals surface area contributed by atoms with Crippen molar-refractivity contribution >= 4 is 79.0 Å². The van der Waals surface area contributed by atoms with E-state index in [1.807, 2.05) is 86.9 Å². The Labute approximate surface area is 206 Å². The van der Waals surface area contributed by atoms with Crippen LogP contribution in [0.15, 0.2) is 73.1 Å². The third-order valence-electron chi connectivity index (χ3n) is 3.75. The molecule has 0 aliphatic rings. The lowest BCUT2D eigenvalue weighted by Crippen LogP contribution is -2.18. The molecule has 0 spiro atoms. The van der Waals surface area contributed by atoms with Crippen molar-refractivity contribution < 1.29 is 0 Å². The second kappa shape index (κ2) is 12.2. The highest BCUT2D eigenvalue weighted by Gasteiger charge is 2.02. The van der Waals surface area contributed by atoms with Crippen molar-refractivity contribution in [1.29, 1.82) is 0 Å². The molecular weight excluding hydrogens is 477 g/mol. The molecule has 2 aromatic heterocycles. The van der Waals surface area contributed by atoms with E-state index in [1.165, 1.54) is 0 Å². The van der Waals surface area contributed by atoms with Crippen LogP contribution in [-0.2, 0) is 0 Å². The number of benzene rings is 2. The lowest BCUT2D eigenvalue weighted by molar-refractivity contribution is 1.38. The molecule has 0 unspecified atom stereocenters. The summed E-state index contributed by atoms with van der Waals surface area (Å²) in [6.07, 6.45) is 3.64. The molecule has 0 saturated heterocycles. The average Bonchev–Trinajstić information content (AvgIpc) is 3.37. The first-order valence-electron chi connectivity index (χ1n) is 9.59. The number of hydrogen-bond donors (Lipinski definition) is 4. The third kappa shape index (κ3) is 8.31. The molecule has 0 aliphatic heterocycles. The molecule has 0 radical (unpaired) electrons. The van der Waals surface area contributed by atoms with Crippen molar-refractivity contribution in [1.82, 2.24) is 9.97 Å². The summed E-state index contributed by atoms with van der Waals surface area (Å²) in [5.74, 6) is 0. The number of nitrogens with one attached hydrogen (secondary N) is 4. The first kappa shape index (κ1) is 23.7. The number of para-hydroxylation sites is 2. The first-order valence-corrected chi connectivity index (χ1v) is 12.0. The van der Waals surface area contributed by atoms with Gasteiger partial charge in [-0.2, -0.15) is 0 Å². The zero-order chi connectivity index (χ0) is 22.8. The van der Waals surface area contributed by atoms with Crippen molar-refractivity contribution in [3.8, 4) is 0 Å². The summed E-state index contributed by atoms with van der Waals surface area (Å²) in [7, 11) is 0. The molecule has 0 amide bonds. The van der Waals surface area contributed by atoms with Crippen LogP contribution in [0.4, 0.5) is 21.6 Å². The zero-order valence-corrected chi connectivity index (χ0v) is 20.7. The molecule has 2 aromatic carbocycles. The van der Waals surface area contributed by atoms with Crippen LogP contribution in [0.3, 0.4) is 0 Å². The third-order valence-corrected chi connectivity index (χ3v) is 5.81. The first-order chi connectivity index (χ1) is 15.5. The molecule has 4 aromatic rings. The molecule has 0 atom stereocenters. The average molecular weight is 499 g/mol. The van der Waals surface area contributed by atoms with Crippen molar-refractivity contribution in [2.75, 3.05) is 21.3 Å². The summed E-state index contributed by atoms with van der Waals surface area (Å²) >= 11 is 13.5. The molecule has 0 saturated carbocycles. The van der Waals surface area contributed by atoms with Gasteiger partial charge in [0.1, 0.15) is 0 Å². The van der Waals surface area contributed by atoms with Crippen LogP contribution in [0.1, 0.15) is 9.75 Å². The van der Waals surface area contributed by atoms with Crippen molar-refractivity contribution in [2.45, 2.75) is 13.8 Å². The molecule has 0 bridgehead atoms. The molecule has 32 heavy (non-hydrogen) atoms. The summed E-state index contributed by atoms with van der Waals surface area (Å²) in [5.41, 5.74) is 1.93. The minimum atomic E-state index is 0.556. The van der Waals surface area contributed by atoms with E-state index >= 15 is 0 Å². The Morgan fingerprint density at radius 1 is 0.625 bits per heavy atom. The van der Waals surface area contributed by atoms with Gasteiger partial charge in [-0.15, -0.1) is 22.7 Å². The highest BCUT2D eigenvalue weighted by molar-refractivity contribution is 7.81. The fourth-order valence-corrected chi connectivity index (χ4v) is 4.28. The fraction of sp³-hybridized carbons (Fsp3) is 0.0909. The second-order valence-electron chi connectivity index (χ2n) is 6.44. The summed E-state index contributed by atoms with van der Waals surface area (Å²) in [5, 5.41) is 15.0. The van der Waals surface area contributed by atoms with Crippen LogP contribution >= 0.6 is 47.1 Å². The van der Waals surface area contributed by atoms with Crippen molar-refractivity contribution in [3.05, 3.63) is 82.8 Å². The van der Waals surface area contributed by atoms with Crippen molar-refractivity contribution in [3.63, 3.8) is 0 Å². The van der Waals surface area contributed by atoms with Crippen LogP contribution in [0.5, 0.6) is 0 Å². The standard InChI is InChI=1S/2C11H11N3S2/c2*1-8-7-12-11(16-8)14-10(15)13-9-5-3-2-4-6-9/h2*2-7H,1H3,(H2,12,13,14,15). The van der Waals surface area contributed by atoms with E-state index in [1.54, 1.807) is 22.7 Å². The molecule has 4 rings (SSSR count). The van der Waals surface area contributed by atoms with Gasteiger partial charge in [0.15, 0.2) is 20.5 Å². The van der Waals surface area contributed by atoms with E-state index in [4.69, 9.17) is 24.4 Å². The van der Waals surface area contributed by atoms with E-state index in [-0.39, 0.29) is 0 Å². The minimum Gasteiger partial charge on any atom is -0.332 e. The number of aromatic nitrogens is 2. The summed E-state index contributed by atoms with van der Waals surface area (Å²) in [6.45, 7) is 4.02. The number of nitrogens with zero attached hydrogens (tertiary/aromatic N) is 2. The Morgan fingerprint density at radius 2 is 1.00 bits per heavy atom. The minimum absolute atomic E-state index is 0.556. The normalized spacial score (nSPS) is 9.81. The topological polar surface area (TPSA) is 73.9 Å². The van der Waals surface area contributed by atoms with Crippen LogP contribution < -0.4 is 21.3 Å². The Hall–Kier alpha value is -2.92. The molecule has 164 valence electrons. The summed E-state index contributed by atoms with van der Waals surface area (Å²) < 4.78 is 0. The Kier molecular flexibility index (Phi) is 9.05. The highest BCUT2D eigenvalue weighted by atomic mass is 32.1. The van der Waals surface area contributed by atoms with Gasteiger partial charge >= 0.3 is 0 Å². The van der Waals surface area contributed by atoms with E-state index in [0.29, 0.717) is 10.2 Å². The monoisotopic (exact) mass is 498 g/mol. The number of rotatable bonds is 4. The smallest absolute Gasteiger partial charge is 0.189 e. The maximum atomic E-state index is 5.17. The fourth-order valence-electron chi connectivity index (χ4n) is 2.39. The van der Waals surface area contributed by atoms with Crippen LogP contribution in [0.25, 0.3) is 0 Å². The SMILES string of the molecule is Cc1cnc(NC(=S)Nc2ccccc2)s1.Cc1cnc(NC(=S)Nc2ccccc2)s1. The van der Waals surface area contributed by atoms with Gasteiger partial charge in [-0.05, 0) is 62.5 Å². The zero-order valence-electron chi connectivity index (χ0n) is 17.5. The molecule has 0 fully saturated rings. The second-order valence-corrected chi connectivity index (χ2v) is 9.73. The Balaban J connectivity index is 0.000000181. The quantitative estimate of drug-likeness (QED) is 0.237. The van der Waals surface area contributed by atoms with E-state index in [9.17, 15) is 0 Å². The lowest BCUT2D eigenvalue weighted by atomic mass is 10.3. The van der Waals surface area contributed by atoms with E-state index in [2.05, 4.69) is 31.2 Å². The van der Waals surface area contributed by atoms with Gasteiger partial charge in [0, 0.05) is 33.5 Å². The summed E-state index contributed by atoms with van der Waals surface area (Å²) in [6, 6.07) is 19.6. The molecule has 0 aliphatic carbocycles. The summed E-state index contributed by atoms with van der Waals surface area (Å²) in [4.78, 5) is 10.7. The van der Waals surface area contributed by atoms with Gasteiger partial charge in [-0.3, -0.25) is 0 Å². The highest BCUT2D eigenvalue weighted by Crippen LogP contribution is 2.18. The van der Waals surface area contributed by atoms with Crippen LogP contribution in [-0.4, -0.2) is 20.2 Å². The van der Waals surface area contributed by atoms with Gasteiger partial charge in [-0.25, -0.2) is 9.97 Å². The van der Waals surface area contributed by atoms with Gasteiger partial charge < -0.3 is 21.3 Å². The lowest BCUT2D eigenvalue weighted by Gasteiger charge is -2.07. The molecule has 10 heteroatoms. The predicted molar refractivity (Wildman–Crippen MR) is 146 cm³/mol. The molecule has 2 heterocycles. The number of anilines is 4. The Bertz CT molecular complexity index is 1050. The van der Waals surface area contributed by atoms with E-state index < -0.39 is 0 Å². The van der Waals surface area contributed by atoms with Gasteiger partial charge in [-0.1, -0.05) is 36.4 Å². The maximum Gasteiger partial charge on any atom is 0.189 e. The number of hydrogen-bond acceptors (Lipinski definition) is 6. The van der Waals surface area contributed by atoms with Crippen LogP contribution in [0, 0.1) is 13.8 Å². The largest absolute Gasteiger partial charge is 0.332 e. The number of thiocarbonyl (C=S) groups is 2. The van der Waals surface area contributed by atoms with Crippen LogP contribution in [0.2, 0.25) is 0 Å². The van der Waals surface area contributed by atoms with E-state index in [0.717, 1.165) is 31.4 Å². The Morgan fingerprint density at radius 3 is 1.31 bits per heavy atom. The van der Waals surface area contributed by atoms with Gasteiger partial charge in [0.2, 0.25) is 0 Å². The number of aryl methyl sites for hydroxylation is 2. The predicted octanol–water partition coefficient (Wildman–Crippen LogP) is 6.52. The van der Waals surface area contributed by atoms with Crippen molar-refractivity contribution in [2.24, 2.45) is 0 Å². The molecule has 6 nitrogen and oxygen atoms in total. The van der Waals surface area contributed by atoms with Gasteiger partial charge in [0.05, 0.1) is 0 Å².